The van der Waals surface area contributed by atoms with Crippen molar-refractivity contribution in [3.63, 3.8) is 0 Å². The zero-order valence-electron chi connectivity index (χ0n) is 13.7. The van der Waals surface area contributed by atoms with E-state index in [1.165, 1.54) is 11.4 Å². The third kappa shape index (κ3) is 2.72. The molecule has 0 atom stereocenters. The van der Waals surface area contributed by atoms with Crippen LogP contribution in [0.4, 0.5) is 5.82 Å². The Bertz CT molecular complexity index is 781. The second-order valence-electron chi connectivity index (χ2n) is 5.16. The highest BCUT2D eigenvalue weighted by molar-refractivity contribution is 7.92. The van der Waals surface area contributed by atoms with Gasteiger partial charge in [0.15, 0.2) is 0 Å². The molecule has 6 nitrogen and oxygen atoms in total. The van der Waals surface area contributed by atoms with Gasteiger partial charge in [-0.05, 0) is 31.9 Å². The van der Waals surface area contributed by atoms with Gasteiger partial charge in [0.1, 0.15) is 10.7 Å². The Kier molecular flexibility index (Phi) is 4.55. The molecule has 0 saturated carbocycles. The summed E-state index contributed by atoms with van der Waals surface area (Å²) in [5.74, 6) is 0.410. The topological polar surface area (TPSA) is 68.1 Å². The van der Waals surface area contributed by atoms with Crippen molar-refractivity contribution in [3.8, 4) is 0 Å². The molecular formula is C15H22N4O2S. The first kappa shape index (κ1) is 16.5. The Hall–Kier alpha value is -1.89. The zero-order chi connectivity index (χ0) is 16.5. The van der Waals surface area contributed by atoms with E-state index in [-0.39, 0.29) is 0 Å². The third-order valence-corrected chi connectivity index (χ3v) is 5.57. The molecule has 0 N–H and O–H groups in total. The number of sulfonamides is 1. The van der Waals surface area contributed by atoms with Crippen LogP contribution in [-0.4, -0.2) is 30.2 Å². The minimum atomic E-state index is -3.69. The molecule has 0 fully saturated rings. The Morgan fingerprint density at radius 1 is 1.23 bits per heavy atom. The van der Waals surface area contributed by atoms with Crippen molar-refractivity contribution in [2.75, 3.05) is 11.4 Å². The molecule has 0 radical (unpaired) electrons. The van der Waals surface area contributed by atoms with Gasteiger partial charge in [-0.2, -0.15) is 5.10 Å². The lowest BCUT2D eigenvalue weighted by Gasteiger charge is -2.19. The first-order chi connectivity index (χ1) is 10.3. The van der Waals surface area contributed by atoms with E-state index in [2.05, 4.69) is 10.1 Å². The van der Waals surface area contributed by atoms with E-state index in [0.29, 0.717) is 29.2 Å². The summed E-state index contributed by atoms with van der Waals surface area (Å²) in [6.07, 6.45) is 1.17. The number of aromatic nitrogens is 3. The molecule has 0 aliphatic rings. The van der Waals surface area contributed by atoms with Gasteiger partial charge in [0.05, 0.1) is 11.4 Å². The quantitative estimate of drug-likeness (QED) is 0.845. The van der Waals surface area contributed by atoms with Gasteiger partial charge >= 0.3 is 0 Å². The van der Waals surface area contributed by atoms with Gasteiger partial charge in [-0.1, -0.05) is 19.9 Å². The standard InChI is InChI=1S/C15H22N4O2S/c1-6-12-15(13(7-2)18(4)17-12)22(20,21)19(5)14-10-8-9-11(3)16-14/h8-10H,6-7H2,1-5H3. The van der Waals surface area contributed by atoms with E-state index in [4.69, 9.17) is 0 Å². The van der Waals surface area contributed by atoms with Crippen LogP contribution in [0.3, 0.4) is 0 Å². The summed E-state index contributed by atoms with van der Waals surface area (Å²) in [6, 6.07) is 5.33. The lowest BCUT2D eigenvalue weighted by Crippen LogP contribution is -2.29. The average molecular weight is 322 g/mol. The van der Waals surface area contributed by atoms with Gasteiger partial charge in [-0.15, -0.1) is 0 Å². The SMILES string of the molecule is CCc1nn(C)c(CC)c1S(=O)(=O)N(C)c1cccc(C)n1. The van der Waals surface area contributed by atoms with Crippen molar-refractivity contribution in [1.82, 2.24) is 14.8 Å². The molecule has 0 spiro atoms. The molecule has 0 bridgehead atoms. The molecule has 0 aliphatic carbocycles. The number of aryl methyl sites for hydroxylation is 3. The van der Waals surface area contributed by atoms with Gasteiger partial charge in [0.25, 0.3) is 10.0 Å². The third-order valence-electron chi connectivity index (χ3n) is 3.67. The van der Waals surface area contributed by atoms with Crippen molar-refractivity contribution in [1.29, 1.82) is 0 Å². The van der Waals surface area contributed by atoms with E-state index in [0.717, 1.165) is 11.4 Å². The normalized spacial score (nSPS) is 11.7. The molecule has 2 heterocycles. The number of hydrogen-bond acceptors (Lipinski definition) is 4. The minimum absolute atomic E-state index is 0.311. The maximum atomic E-state index is 13.0. The molecule has 0 unspecified atom stereocenters. The summed E-state index contributed by atoms with van der Waals surface area (Å²) in [7, 11) is -0.376. The number of nitrogens with zero attached hydrogens (tertiary/aromatic N) is 4. The lowest BCUT2D eigenvalue weighted by molar-refractivity contribution is 0.591. The van der Waals surface area contributed by atoms with E-state index in [9.17, 15) is 8.42 Å². The van der Waals surface area contributed by atoms with Crippen LogP contribution in [0.25, 0.3) is 0 Å². The molecule has 0 saturated heterocycles. The largest absolute Gasteiger partial charge is 0.271 e. The lowest BCUT2D eigenvalue weighted by atomic mass is 10.2. The molecule has 0 aromatic carbocycles. The van der Waals surface area contributed by atoms with Crippen molar-refractivity contribution in [2.24, 2.45) is 7.05 Å². The highest BCUT2D eigenvalue weighted by atomic mass is 32.2. The van der Waals surface area contributed by atoms with E-state index >= 15 is 0 Å². The summed E-state index contributed by atoms with van der Waals surface area (Å²) >= 11 is 0. The number of rotatable bonds is 5. The van der Waals surface area contributed by atoms with Gasteiger partial charge in [0, 0.05) is 19.8 Å². The van der Waals surface area contributed by atoms with Crippen LogP contribution in [0.15, 0.2) is 23.1 Å². The second-order valence-corrected chi connectivity index (χ2v) is 7.07. The summed E-state index contributed by atoms with van der Waals surface area (Å²) in [6.45, 7) is 5.68. The van der Waals surface area contributed by atoms with Crippen LogP contribution in [-0.2, 0) is 29.9 Å². The van der Waals surface area contributed by atoms with Crippen LogP contribution in [0, 0.1) is 6.92 Å². The molecule has 0 amide bonds. The number of anilines is 1. The first-order valence-electron chi connectivity index (χ1n) is 7.30. The molecule has 2 aromatic rings. The van der Waals surface area contributed by atoms with Crippen molar-refractivity contribution >= 4 is 15.8 Å². The predicted molar refractivity (Wildman–Crippen MR) is 86.5 cm³/mol. The Morgan fingerprint density at radius 3 is 2.45 bits per heavy atom. The fraction of sp³-hybridized carbons (Fsp3) is 0.467. The Morgan fingerprint density at radius 2 is 1.91 bits per heavy atom. The van der Waals surface area contributed by atoms with E-state index in [1.807, 2.05) is 26.8 Å². The molecular weight excluding hydrogens is 300 g/mol. The van der Waals surface area contributed by atoms with Crippen LogP contribution < -0.4 is 4.31 Å². The highest BCUT2D eigenvalue weighted by Gasteiger charge is 2.30. The van der Waals surface area contributed by atoms with Crippen LogP contribution in [0.5, 0.6) is 0 Å². The van der Waals surface area contributed by atoms with Crippen LogP contribution in [0.2, 0.25) is 0 Å². The van der Waals surface area contributed by atoms with Crippen molar-refractivity contribution < 1.29 is 8.42 Å². The summed E-state index contributed by atoms with van der Waals surface area (Å²) < 4.78 is 29.0. The van der Waals surface area contributed by atoms with E-state index in [1.54, 1.807) is 23.9 Å². The Balaban J connectivity index is 2.60. The number of hydrogen-bond donors (Lipinski definition) is 0. The summed E-state index contributed by atoms with van der Waals surface area (Å²) in [5, 5.41) is 4.35. The van der Waals surface area contributed by atoms with E-state index < -0.39 is 10.0 Å². The summed E-state index contributed by atoms with van der Waals surface area (Å²) in [4.78, 5) is 4.61. The maximum Gasteiger partial charge on any atom is 0.268 e. The first-order valence-corrected chi connectivity index (χ1v) is 8.74. The minimum Gasteiger partial charge on any atom is -0.271 e. The Labute approximate surface area is 131 Å². The molecule has 0 aliphatic heterocycles. The highest BCUT2D eigenvalue weighted by Crippen LogP contribution is 2.27. The maximum absolute atomic E-state index is 13.0. The van der Waals surface area contributed by atoms with Gasteiger partial charge < -0.3 is 0 Å². The van der Waals surface area contributed by atoms with Crippen molar-refractivity contribution in [3.05, 3.63) is 35.3 Å². The molecule has 2 aromatic heterocycles. The fourth-order valence-electron chi connectivity index (χ4n) is 2.48. The predicted octanol–water partition coefficient (Wildman–Crippen LogP) is 2.07. The van der Waals surface area contributed by atoms with Gasteiger partial charge in [0.2, 0.25) is 0 Å². The van der Waals surface area contributed by atoms with Gasteiger partial charge in [-0.25, -0.2) is 13.4 Å². The average Bonchev–Trinajstić information content (AvgIpc) is 2.82. The molecule has 7 heteroatoms. The number of pyridine rings is 1. The smallest absolute Gasteiger partial charge is 0.268 e. The van der Waals surface area contributed by atoms with Gasteiger partial charge in [-0.3, -0.25) is 8.99 Å². The summed E-state index contributed by atoms with van der Waals surface area (Å²) in [5.41, 5.74) is 2.09. The van der Waals surface area contributed by atoms with Crippen molar-refractivity contribution in [2.45, 2.75) is 38.5 Å². The van der Waals surface area contributed by atoms with Crippen LogP contribution >= 0.6 is 0 Å². The fourth-order valence-corrected chi connectivity index (χ4v) is 4.16. The molecule has 120 valence electrons. The second kappa shape index (κ2) is 6.08. The molecule has 22 heavy (non-hydrogen) atoms. The van der Waals surface area contributed by atoms with Crippen LogP contribution in [0.1, 0.15) is 30.9 Å². The zero-order valence-corrected chi connectivity index (χ0v) is 14.5. The molecule has 2 rings (SSSR count). The monoisotopic (exact) mass is 322 g/mol.